The summed E-state index contributed by atoms with van der Waals surface area (Å²) in [7, 11) is 3.15. The molecular weight excluding hydrogens is 598 g/mol. The molecule has 5 aliphatic rings. The van der Waals surface area contributed by atoms with Crippen LogP contribution in [0.15, 0.2) is 23.0 Å². The lowest BCUT2D eigenvalue weighted by atomic mass is 9.57. The molecule has 7 atom stereocenters. The predicted octanol–water partition coefficient (Wildman–Crippen LogP) is 3.65. The number of phenolic OH excluding ortho intramolecular Hbond substituents is 1. The summed E-state index contributed by atoms with van der Waals surface area (Å²) >= 11 is 7.09. The van der Waals surface area contributed by atoms with Crippen LogP contribution in [-0.2, 0) is 27.3 Å². The van der Waals surface area contributed by atoms with Crippen molar-refractivity contribution in [2.45, 2.75) is 84.0 Å². The maximum absolute atomic E-state index is 14.1. The maximum Gasteiger partial charge on any atom is 0.255 e. The van der Waals surface area contributed by atoms with Crippen LogP contribution in [0.3, 0.4) is 0 Å². The molecule has 3 saturated carbocycles. The Morgan fingerprint density at radius 2 is 1.80 bits per heavy atom. The smallest absolute Gasteiger partial charge is 0.255 e. The predicted molar refractivity (Wildman–Crippen MR) is 168 cm³/mol. The Kier molecular flexibility index (Phi) is 7.33. The first kappa shape index (κ1) is 32.0. The molecule has 5 aliphatic carbocycles. The number of aliphatic hydroxyl groups is 3. The Morgan fingerprint density at radius 1 is 1.13 bits per heavy atom. The van der Waals surface area contributed by atoms with E-state index in [1.807, 2.05) is 0 Å². The van der Waals surface area contributed by atoms with E-state index in [2.05, 4.69) is 32.6 Å². The maximum atomic E-state index is 14.1. The van der Waals surface area contributed by atoms with Crippen molar-refractivity contribution in [2.24, 2.45) is 34.3 Å². The van der Waals surface area contributed by atoms with Gasteiger partial charge in [0.1, 0.15) is 22.8 Å². The van der Waals surface area contributed by atoms with Crippen molar-refractivity contribution in [3.8, 4) is 5.75 Å². The van der Waals surface area contributed by atoms with Crippen molar-refractivity contribution in [2.75, 3.05) is 20.6 Å². The van der Waals surface area contributed by atoms with Crippen LogP contribution < -0.4 is 5.73 Å². The highest BCUT2D eigenvalue weighted by Gasteiger charge is 2.65. The molecule has 2 bridgehead atoms. The summed E-state index contributed by atoms with van der Waals surface area (Å²) in [4.78, 5) is 43.5. The molecule has 45 heavy (non-hydrogen) atoms. The first-order valence-electron chi connectivity index (χ1n) is 15.8. The summed E-state index contributed by atoms with van der Waals surface area (Å²) in [5.41, 5.74) is 3.31. The second-order valence-electron chi connectivity index (χ2n) is 14.9. The number of carbonyl (C=O) groups is 3. The van der Waals surface area contributed by atoms with Gasteiger partial charge in [0, 0.05) is 29.1 Å². The number of likely N-dealkylation sites (N-methyl/N-ethyl adjacent to an activating group) is 1. The van der Waals surface area contributed by atoms with Gasteiger partial charge in [-0.2, -0.15) is 0 Å². The average molecular weight is 642 g/mol. The number of rotatable bonds is 6. The highest BCUT2D eigenvalue weighted by Crippen LogP contribution is 2.66. The van der Waals surface area contributed by atoms with Crippen LogP contribution in [0.2, 0.25) is 5.02 Å². The highest BCUT2D eigenvalue weighted by molar-refractivity contribution is 6.32. The zero-order valence-electron chi connectivity index (χ0n) is 26.8. The van der Waals surface area contributed by atoms with Crippen LogP contribution in [0, 0.1) is 28.6 Å². The van der Waals surface area contributed by atoms with Gasteiger partial charge in [0.05, 0.1) is 11.6 Å². The highest BCUT2D eigenvalue weighted by atomic mass is 35.5. The lowest BCUT2D eigenvalue weighted by Gasteiger charge is -2.50. The van der Waals surface area contributed by atoms with Crippen molar-refractivity contribution in [1.29, 1.82) is 0 Å². The van der Waals surface area contributed by atoms with Crippen LogP contribution in [0.4, 0.5) is 0 Å². The number of benzene rings is 1. The molecule has 2 unspecified atom stereocenters. The number of halogens is 1. The van der Waals surface area contributed by atoms with Gasteiger partial charge in [0.2, 0.25) is 5.78 Å². The van der Waals surface area contributed by atoms with Crippen molar-refractivity contribution in [3.05, 3.63) is 44.7 Å². The normalized spacial score (nSPS) is 35.3. The van der Waals surface area contributed by atoms with Gasteiger partial charge in [-0.25, -0.2) is 0 Å². The van der Waals surface area contributed by atoms with Gasteiger partial charge in [-0.05, 0) is 92.6 Å². The lowest BCUT2D eigenvalue weighted by molar-refractivity contribution is -0.153. The van der Waals surface area contributed by atoms with E-state index in [-0.39, 0.29) is 40.6 Å². The van der Waals surface area contributed by atoms with E-state index in [9.17, 15) is 34.8 Å². The number of phenols is 1. The third kappa shape index (κ3) is 4.08. The summed E-state index contributed by atoms with van der Waals surface area (Å²) in [6.07, 6.45) is 3.70. The summed E-state index contributed by atoms with van der Waals surface area (Å²) in [5, 5.41) is 46.0. The van der Waals surface area contributed by atoms with E-state index in [1.165, 1.54) is 23.8 Å². The standard InChI is InChI=1S/C34H44ClN3O7/c1-7-38(21-13-17-8-9-33(21,4)32(17,2)3)14-16-12-20(39)23-18(25(16)35)10-15-11-19-26(37(5)6)28(41)24(31(36)44)30(43)34(19,45)29(42)22(15)27(23)40/h12,15,17,19,21,26,39-40,43,45H,7-11,13-14H2,1-6H3,(H2,36,44)/t15-,17?,19-,21-,26-,33?,34-/m0/s1. The number of hydrogen-bond donors (Lipinski definition) is 5. The average Bonchev–Trinajstić information content (AvgIpc) is 3.29. The summed E-state index contributed by atoms with van der Waals surface area (Å²) in [5.74, 6) is -6.12. The second kappa shape index (κ2) is 10.3. The second-order valence-corrected chi connectivity index (χ2v) is 15.3. The Bertz CT molecular complexity index is 1600. The quantitative estimate of drug-likeness (QED) is 0.292. The van der Waals surface area contributed by atoms with Crippen LogP contribution in [0.5, 0.6) is 5.75 Å². The molecule has 6 N–H and O–H groups in total. The van der Waals surface area contributed by atoms with Gasteiger partial charge in [-0.1, -0.05) is 39.3 Å². The molecule has 1 amide bonds. The van der Waals surface area contributed by atoms with E-state index < -0.39 is 58.0 Å². The monoisotopic (exact) mass is 641 g/mol. The van der Waals surface area contributed by atoms with E-state index in [0.29, 0.717) is 29.1 Å². The summed E-state index contributed by atoms with van der Waals surface area (Å²) in [6.45, 7) is 10.6. The van der Waals surface area contributed by atoms with Gasteiger partial charge in [-0.15, -0.1) is 0 Å². The summed E-state index contributed by atoms with van der Waals surface area (Å²) < 4.78 is 0. The Hall–Kier alpha value is -2.92. The van der Waals surface area contributed by atoms with Crippen molar-refractivity contribution in [3.63, 3.8) is 0 Å². The Balaban J connectivity index is 1.41. The van der Waals surface area contributed by atoms with Crippen LogP contribution in [-0.4, -0.2) is 86.0 Å². The molecule has 0 radical (unpaired) electrons. The van der Waals surface area contributed by atoms with Gasteiger partial charge in [0.15, 0.2) is 11.4 Å². The molecule has 6 rings (SSSR count). The number of nitrogens with two attached hydrogens (primary N) is 1. The van der Waals surface area contributed by atoms with Gasteiger partial charge in [-0.3, -0.25) is 24.2 Å². The first-order valence-corrected chi connectivity index (χ1v) is 16.2. The van der Waals surface area contributed by atoms with E-state index in [4.69, 9.17) is 17.3 Å². The van der Waals surface area contributed by atoms with Crippen molar-refractivity contribution >= 4 is 34.8 Å². The zero-order valence-corrected chi connectivity index (χ0v) is 27.5. The fourth-order valence-electron chi connectivity index (χ4n) is 9.84. The Labute approximate surface area is 268 Å². The number of hydrogen-bond acceptors (Lipinski definition) is 9. The number of amides is 1. The number of ketones is 2. The number of fused-ring (bicyclic) bond motifs is 5. The van der Waals surface area contributed by atoms with Crippen LogP contribution in [0.1, 0.15) is 70.1 Å². The fourth-order valence-corrected chi connectivity index (χ4v) is 10.1. The van der Waals surface area contributed by atoms with E-state index in [1.54, 1.807) is 14.1 Å². The number of aliphatic hydroxyl groups excluding tert-OH is 2. The molecule has 1 aromatic rings. The molecule has 0 aromatic heterocycles. The number of nitrogens with zero attached hydrogens (tertiary/aromatic N) is 2. The van der Waals surface area contributed by atoms with E-state index in [0.717, 1.165) is 18.5 Å². The van der Waals surface area contributed by atoms with Crippen LogP contribution >= 0.6 is 11.6 Å². The first-order chi connectivity index (χ1) is 20.9. The molecule has 0 spiro atoms. The minimum atomic E-state index is -2.67. The molecule has 0 heterocycles. The molecular formula is C34H44ClN3O7. The van der Waals surface area contributed by atoms with Gasteiger partial charge in [0.25, 0.3) is 5.91 Å². The number of primary amides is 1. The molecule has 11 heteroatoms. The third-order valence-electron chi connectivity index (χ3n) is 12.7. The minimum absolute atomic E-state index is 0.0103. The van der Waals surface area contributed by atoms with E-state index >= 15 is 0 Å². The third-order valence-corrected chi connectivity index (χ3v) is 13.2. The summed E-state index contributed by atoms with van der Waals surface area (Å²) in [6, 6.07) is 0.760. The van der Waals surface area contributed by atoms with Crippen molar-refractivity contribution in [1.82, 2.24) is 9.80 Å². The molecule has 0 aliphatic heterocycles. The lowest BCUT2D eigenvalue weighted by Crippen LogP contribution is -2.65. The molecule has 10 nitrogen and oxygen atoms in total. The molecule has 0 saturated heterocycles. The number of aromatic hydroxyl groups is 1. The molecule has 1 aromatic carbocycles. The largest absolute Gasteiger partial charge is 0.508 e. The SMILES string of the molecule is CCN(Cc1cc(O)c2c(c1Cl)C[C@H]1C[C@H]3[C@H](N(C)C)C(=O)C(C(N)=O)=C(O)[C@@]3(O)C(=O)C1=C2O)[C@H]1CC2CCC1(C)C2(C)C. The van der Waals surface area contributed by atoms with Crippen molar-refractivity contribution < 1.29 is 34.8 Å². The van der Waals surface area contributed by atoms with Gasteiger partial charge < -0.3 is 26.2 Å². The molecule has 3 fully saturated rings. The van der Waals surface area contributed by atoms with Gasteiger partial charge >= 0.3 is 0 Å². The molecule has 244 valence electrons. The minimum Gasteiger partial charge on any atom is -0.508 e. The topological polar surface area (TPSA) is 165 Å². The zero-order chi connectivity index (χ0) is 33.1. The number of carbonyl (C=O) groups excluding carboxylic acids is 3. The number of Topliss-reactive ketones (excluding diaryl/α,β-unsaturated/α-hetero) is 2. The fraction of sp³-hybridized carbons (Fsp3) is 0.618. The Morgan fingerprint density at radius 3 is 2.33 bits per heavy atom. The van der Waals surface area contributed by atoms with Crippen LogP contribution in [0.25, 0.3) is 5.76 Å².